The molecule has 1 aliphatic carbocycles. The van der Waals surface area contributed by atoms with Gasteiger partial charge in [0.2, 0.25) is 5.91 Å². The predicted octanol–water partition coefficient (Wildman–Crippen LogP) is 0.920. The number of pyridine rings is 1. The number of nitrogens with two attached hydrogens (primary N) is 1. The predicted molar refractivity (Wildman–Crippen MR) is 61.5 cm³/mol. The summed E-state index contributed by atoms with van der Waals surface area (Å²) in [6.07, 6.45) is 3.92. The van der Waals surface area contributed by atoms with E-state index < -0.39 is 6.04 Å². The average Bonchev–Trinajstić information content (AvgIpc) is 3.10. The maximum Gasteiger partial charge on any atom is 0.239 e. The van der Waals surface area contributed by atoms with Gasteiger partial charge in [0.25, 0.3) is 0 Å². The van der Waals surface area contributed by atoms with Crippen LogP contribution in [0.15, 0.2) is 24.4 Å². The van der Waals surface area contributed by atoms with E-state index in [0.29, 0.717) is 12.6 Å². The highest BCUT2D eigenvalue weighted by Crippen LogP contribution is 2.28. The van der Waals surface area contributed by atoms with Gasteiger partial charge in [0, 0.05) is 12.2 Å². The first-order valence-electron chi connectivity index (χ1n) is 5.64. The van der Waals surface area contributed by atoms with E-state index in [0.717, 1.165) is 18.5 Å². The standard InChI is InChI=1S/C12H17N3O/c1-9(13)12(16)15(11-5-6-11)8-10-4-2-3-7-14-10/h2-4,7,9,11H,5-6,8,13H2,1H3/t9-/m1/s1. The Morgan fingerprint density at radius 1 is 1.62 bits per heavy atom. The number of nitrogens with zero attached hydrogens (tertiary/aromatic N) is 2. The van der Waals surface area contributed by atoms with Crippen LogP contribution >= 0.6 is 0 Å². The molecule has 1 saturated carbocycles. The summed E-state index contributed by atoms with van der Waals surface area (Å²) in [5.74, 6) is 0.0214. The van der Waals surface area contributed by atoms with Crippen LogP contribution in [0.4, 0.5) is 0 Å². The van der Waals surface area contributed by atoms with E-state index in [1.54, 1.807) is 13.1 Å². The SMILES string of the molecule is C[C@@H](N)C(=O)N(Cc1ccccn1)C1CC1. The topological polar surface area (TPSA) is 59.2 Å². The molecule has 1 aromatic rings. The Labute approximate surface area is 95.5 Å². The van der Waals surface area contributed by atoms with Crippen LogP contribution in [0.1, 0.15) is 25.5 Å². The van der Waals surface area contributed by atoms with E-state index in [9.17, 15) is 4.79 Å². The Bertz CT molecular complexity index is 360. The van der Waals surface area contributed by atoms with Gasteiger partial charge < -0.3 is 10.6 Å². The first-order valence-corrected chi connectivity index (χ1v) is 5.64. The minimum absolute atomic E-state index is 0.0214. The fourth-order valence-corrected chi connectivity index (χ4v) is 1.70. The van der Waals surface area contributed by atoms with Crippen molar-refractivity contribution in [3.8, 4) is 0 Å². The fraction of sp³-hybridized carbons (Fsp3) is 0.500. The molecule has 1 aromatic heterocycles. The third-order valence-corrected chi connectivity index (χ3v) is 2.72. The van der Waals surface area contributed by atoms with Crippen molar-refractivity contribution in [2.75, 3.05) is 0 Å². The van der Waals surface area contributed by atoms with Gasteiger partial charge in [-0.25, -0.2) is 0 Å². The maximum absolute atomic E-state index is 11.9. The normalized spacial score (nSPS) is 16.9. The Morgan fingerprint density at radius 3 is 2.88 bits per heavy atom. The van der Waals surface area contributed by atoms with Crippen LogP contribution in [0.3, 0.4) is 0 Å². The third-order valence-electron chi connectivity index (χ3n) is 2.72. The lowest BCUT2D eigenvalue weighted by Crippen LogP contribution is -2.43. The van der Waals surface area contributed by atoms with Gasteiger partial charge in [0.05, 0.1) is 18.3 Å². The summed E-state index contributed by atoms with van der Waals surface area (Å²) in [5, 5.41) is 0. The van der Waals surface area contributed by atoms with E-state index in [2.05, 4.69) is 4.98 Å². The van der Waals surface area contributed by atoms with Crippen molar-refractivity contribution in [1.82, 2.24) is 9.88 Å². The van der Waals surface area contributed by atoms with Crippen LogP contribution in [0.2, 0.25) is 0 Å². The van der Waals surface area contributed by atoms with Crippen molar-refractivity contribution in [1.29, 1.82) is 0 Å². The number of hydrogen-bond donors (Lipinski definition) is 1. The van der Waals surface area contributed by atoms with Crippen molar-refractivity contribution in [2.24, 2.45) is 5.73 Å². The number of hydrogen-bond acceptors (Lipinski definition) is 3. The molecule has 0 spiro atoms. The first kappa shape index (κ1) is 11.1. The molecule has 1 amide bonds. The Balaban J connectivity index is 2.06. The molecule has 0 unspecified atom stereocenters. The minimum atomic E-state index is -0.427. The molecule has 2 N–H and O–H groups in total. The fourth-order valence-electron chi connectivity index (χ4n) is 1.70. The third kappa shape index (κ3) is 2.58. The number of amides is 1. The molecule has 1 heterocycles. The van der Waals surface area contributed by atoms with Crippen LogP contribution in [0.25, 0.3) is 0 Å². The van der Waals surface area contributed by atoms with Crippen LogP contribution < -0.4 is 5.73 Å². The van der Waals surface area contributed by atoms with E-state index >= 15 is 0 Å². The average molecular weight is 219 g/mol. The quantitative estimate of drug-likeness (QED) is 0.819. The monoisotopic (exact) mass is 219 g/mol. The Kier molecular flexibility index (Phi) is 3.19. The minimum Gasteiger partial charge on any atom is -0.332 e. The van der Waals surface area contributed by atoms with Crippen LogP contribution in [-0.4, -0.2) is 27.9 Å². The summed E-state index contributed by atoms with van der Waals surface area (Å²) in [6, 6.07) is 5.69. The molecule has 4 nitrogen and oxygen atoms in total. The summed E-state index contributed by atoms with van der Waals surface area (Å²) in [5.41, 5.74) is 6.56. The smallest absolute Gasteiger partial charge is 0.239 e. The first-order chi connectivity index (χ1) is 7.68. The molecule has 16 heavy (non-hydrogen) atoms. The Hall–Kier alpha value is -1.42. The summed E-state index contributed by atoms with van der Waals surface area (Å²) < 4.78 is 0. The zero-order chi connectivity index (χ0) is 11.5. The van der Waals surface area contributed by atoms with Crippen LogP contribution in [0.5, 0.6) is 0 Å². The molecule has 4 heteroatoms. The second kappa shape index (κ2) is 4.61. The molecular formula is C12H17N3O. The molecule has 0 aliphatic heterocycles. The summed E-state index contributed by atoms with van der Waals surface area (Å²) >= 11 is 0. The van der Waals surface area contributed by atoms with Crippen molar-refractivity contribution in [2.45, 2.75) is 38.4 Å². The molecular weight excluding hydrogens is 202 g/mol. The molecule has 1 fully saturated rings. The highest BCUT2D eigenvalue weighted by molar-refractivity contribution is 5.81. The van der Waals surface area contributed by atoms with Crippen molar-refractivity contribution in [3.63, 3.8) is 0 Å². The lowest BCUT2D eigenvalue weighted by atomic mass is 10.2. The van der Waals surface area contributed by atoms with Crippen molar-refractivity contribution in [3.05, 3.63) is 30.1 Å². The molecule has 0 radical (unpaired) electrons. The van der Waals surface area contributed by atoms with E-state index in [4.69, 9.17) is 5.73 Å². The number of carbonyl (C=O) groups excluding carboxylic acids is 1. The van der Waals surface area contributed by atoms with Gasteiger partial charge in [-0.3, -0.25) is 9.78 Å². The largest absolute Gasteiger partial charge is 0.332 e. The number of carbonyl (C=O) groups is 1. The lowest BCUT2D eigenvalue weighted by molar-refractivity contribution is -0.133. The molecule has 0 aromatic carbocycles. The van der Waals surface area contributed by atoms with Gasteiger partial charge in [-0.15, -0.1) is 0 Å². The number of rotatable bonds is 4. The summed E-state index contributed by atoms with van der Waals surface area (Å²) in [7, 11) is 0. The van der Waals surface area contributed by atoms with Gasteiger partial charge in [-0.05, 0) is 31.9 Å². The van der Waals surface area contributed by atoms with Crippen LogP contribution in [-0.2, 0) is 11.3 Å². The lowest BCUT2D eigenvalue weighted by Gasteiger charge is -2.23. The zero-order valence-electron chi connectivity index (χ0n) is 9.47. The molecule has 86 valence electrons. The zero-order valence-corrected chi connectivity index (χ0v) is 9.47. The van der Waals surface area contributed by atoms with Gasteiger partial charge in [0.15, 0.2) is 0 Å². The summed E-state index contributed by atoms with van der Waals surface area (Å²) in [6.45, 7) is 2.31. The van der Waals surface area contributed by atoms with Crippen LogP contribution in [0, 0.1) is 0 Å². The molecule has 0 saturated heterocycles. The van der Waals surface area contributed by atoms with Gasteiger partial charge in [-0.1, -0.05) is 6.07 Å². The van der Waals surface area contributed by atoms with E-state index in [-0.39, 0.29) is 5.91 Å². The van der Waals surface area contributed by atoms with Gasteiger partial charge in [0.1, 0.15) is 0 Å². The summed E-state index contributed by atoms with van der Waals surface area (Å²) in [4.78, 5) is 18.0. The molecule has 1 atom stereocenters. The second-order valence-electron chi connectivity index (χ2n) is 4.31. The molecule has 0 bridgehead atoms. The van der Waals surface area contributed by atoms with Crippen molar-refractivity contribution >= 4 is 5.91 Å². The Morgan fingerprint density at radius 2 is 2.38 bits per heavy atom. The molecule has 2 rings (SSSR count). The van der Waals surface area contributed by atoms with Gasteiger partial charge in [-0.2, -0.15) is 0 Å². The number of aromatic nitrogens is 1. The second-order valence-corrected chi connectivity index (χ2v) is 4.31. The van der Waals surface area contributed by atoms with Gasteiger partial charge >= 0.3 is 0 Å². The van der Waals surface area contributed by atoms with E-state index in [1.807, 2.05) is 23.1 Å². The van der Waals surface area contributed by atoms with E-state index in [1.165, 1.54) is 0 Å². The highest BCUT2D eigenvalue weighted by Gasteiger charge is 2.33. The van der Waals surface area contributed by atoms with Crippen molar-refractivity contribution < 1.29 is 4.79 Å². The molecule has 1 aliphatic rings. The maximum atomic E-state index is 11.9. The highest BCUT2D eigenvalue weighted by atomic mass is 16.2.